The van der Waals surface area contributed by atoms with Gasteiger partial charge in [-0.15, -0.1) is 4.73 Å². The van der Waals surface area contributed by atoms with Crippen LogP contribution < -0.4 is 10.4 Å². The van der Waals surface area contributed by atoms with E-state index in [0.29, 0.717) is 16.1 Å². The predicted molar refractivity (Wildman–Crippen MR) is 89.4 cm³/mol. The second-order valence-corrected chi connectivity index (χ2v) is 5.84. The lowest BCUT2D eigenvalue weighted by atomic mass is 10.2. The van der Waals surface area contributed by atoms with E-state index < -0.39 is 0 Å². The predicted octanol–water partition coefficient (Wildman–Crippen LogP) is 2.79. The largest absolute Gasteiger partial charge is 0.411 e. The highest BCUT2D eigenvalue weighted by atomic mass is 32.2. The van der Waals surface area contributed by atoms with E-state index >= 15 is 0 Å². The number of aryl methyl sites for hydroxylation is 1. The number of para-hydroxylation sites is 1. The lowest BCUT2D eigenvalue weighted by Crippen LogP contribution is -2.27. The molecule has 22 heavy (non-hydrogen) atoms. The molecule has 112 valence electrons. The average molecular weight is 312 g/mol. The molecule has 0 aliphatic carbocycles. The molecule has 0 aliphatic rings. The summed E-state index contributed by atoms with van der Waals surface area (Å²) in [6.45, 7) is 0. The second kappa shape index (κ2) is 6.66. The van der Waals surface area contributed by atoms with E-state index in [1.165, 1.54) is 29.2 Å². The van der Waals surface area contributed by atoms with Gasteiger partial charge in [0.1, 0.15) is 7.11 Å². The van der Waals surface area contributed by atoms with E-state index in [4.69, 9.17) is 4.84 Å². The minimum atomic E-state index is -0.171. The quantitative estimate of drug-likeness (QED) is 0.537. The molecule has 0 aliphatic heterocycles. The normalized spacial score (nSPS) is 10.8. The zero-order valence-corrected chi connectivity index (χ0v) is 13.0. The summed E-state index contributed by atoms with van der Waals surface area (Å²) in [7, 11) is 1.49. The molecule has 5 heteroatoms. The first-order valence-corrected chi connectivity index (χ1v) is 8.01. The third-order valence-corrected chi connectivity index (χ3v) is 4.28. The molecule has 3 aromatic rings. The van der Waals surface area contributed by atoms with Crippen molar-refractivity contribution in [2.75, 3.05) is 12.9 Å². The fourth-order valence-corrected chi connectivity index (χ4v) is 3.21. The summed E-state index contributed by atoms with van der Waals surface area (Å²) in [5, 5.41) is 1.15. The number of hydrogen-bond donors (Lipinski definition) is 0. The van der Waals surface area contributed by atoms with Crippen molar-refractivity contribution in [2.45, 2.75) is 11.6 Å². The summed E-state index contributed by atoms with van der Waals surface area (Å²) in [4.78, 5) is 22.1. The van der Waals surface area contributed by atoms with Crippen molar-refractivity contribution >= 4 is 22.7 Å². The molecule has 0 unspecified atom stereocenters. The van der Waals surface area contributed by atoms with Crippen LogP contribution in [0.5, 0.6) is 0 Å². The number of fused-ring (bicyclic) bond motifs is 1. The number of thioether (sulfide) groups is 1. The summed E-state index contributed by atoms with van der Waals surface area (Å²) in [6.07, 6.45) is 0.915. The average Bonchev–Trinajstić information content (AvgIpc) is 2.56. The Bertz CT molecular complexity index is 831. The molecule has 0 atom stereocenters. The Hall–Kier alpha value is -2.27. The van der Waals surface area contributed by atoms with Crippen LogP contribution in [0.4, 0.5) is 0 Å². The Balaban J connectivity index is 1.85. The van der Waals surface area contributed by atoms with Crippen molar-refractivity contribution in [1.82, 2.24) is 9.71 Å². The standard InChI is InChI=1S/C17H16N2O2S/c1-21-19-16(20)14-9-5-6-10-15(14)18-17(19)22-12-11-13-7-3-2-4-8-13/h2-10H,11-12H2,1H3. The number of nitrogens with zero attached hydrogens (tertiary/aromatic N) is 2. The second-order valence-electron chi connectivity index (χ2n) is 4.78. The van der Waals surface area contributed by atoms with E-state index in [-0.39, 0.29) is 5.56 Å². The fourth-order valence-electron chi connectivity index (χ4n) is 2.25. The van der Waals surface area contributed by atoms with Gasteiger partial charge >= 0.3 is 0 Å². The highest BCUT2D eigenvalue weighted by molar-refractivity contribution is 7.99. The summed E-state index contributed by atoms with van der Waals surface area (Å²) in [6, 6.07) is 17.6. The van der Waals surface area contributed by atoms with E-state index in [0.717, 1.165) is 12.2 Å². The summed E-state index contributed by atoms with van der Waals surface area (Å²) >= 11 is 1.52. The van der Waals surface area contributed by atoms with Gasteiger partial charge < -0.3 is 4.84 Å². The zero-order chi connectivity index (χ0) is 15.4. The van der Waals surface area contributed by atoms with Crippen molar-refractivity contribution in [3.8, 4) is 0 Å². The lowest BCUT2D eigenvalue weighted by molar-refractivity contribution is 0.131. The number of aromatic nitrogens is 2. The highest BCUT2D eigenvalue weighted by Gasteiger charge is 2.11. The summed E-state index contributed by atoms with van der Waals surface area (Å²) in [5.74, 6) is 0.832. The van der Waals surface area contributed by atoms with Crippen LogP contribution in [0.3, 0.4) is 0 Å². The monoisotopic (exact) mass is 312 g/mol. The van der Waals surface area contributed by atoms with Crippen molar-refractivity contribution < 1.29 is 4.84 Å². The minimum Gasteiger partial charge on any atom is -0.411 e. The molecule has 0 bridgehead atoms. The first-order valence-electron chi connectivity index (χ1n) is 7.02. The van der Waals surface area contributed by atoms with Gasteiger partial charge in [-0.3, -0.25) is 4.79 Å². The number of rotatable bonds is 5. The van der Waals surface area contributed by atoms with Crippen molar-refractivity contribution in [3.05, 3.63) is 70.5 Å². The van der Waals surface area contributed by atoms with Crippen LogP contribution in [-0.2, 0) is 6.42 Å². The van der Waals surface area contributed by atoms with Gasteiger partial charge in [-0.05, 0) is 24.1 Å². The van der Waals surface area contributed by atoms with Crippen molar-refractivity contribution in [3.63, 3.8) is 0 Å². The van der Waals surface area contributed by atoms with E-state index in [9.17, 15) is 4.79 Å². The zero-order valence-electron chi connectivity index (χ0n) is 12.2. The van der Waals surface area contributed by atoms with Crippen molar-refractivity contribution in [2.24, 2.45) is 0 Å². The van der Waals surface area contributed by atoms with Gasteiger partial charge in [0.15, 0.2) is 0 Å². The van der Waals surface area contributed by atoms with Gasteiger partial charge in [0, 0.05) is 5.75 Å². The van der Waals surface area contributed by atoms with E-state index in [1.807, 2.05) is 36.4 Å². The molecule has 0 saturated heterocycles. The number of hydrogen-bond acceptors (Lipinski definition) is 4. The maximum absolute atomic E-state index is 12.4. The molecular formula is C17H16N2O2S. The van der Waals surface area contributed by atoms with Gasteiger partial charge in [-0.2, -0.15) is 0 Å². The van der Waals surface area contributed by atoms with Gasteiger partial charge in [0.05, 0.1) is 10.9 Å². The van der Waals surface area contributed by atoms with Gasteiger partial charge in [0.25, 0.3) is 5.56 Å². The third kappa shape index (κ3) is 2.99. The smallest absolute Gasteiger partial charge is 0.295 e. The maximum atomic E-state index is 12.4. The summed E-state index contributed by atoms with van der Waals surface area (Å²) < 4.78 is 1.26. The molecule has 1 heterocycles. The van der Waals surface area contributed by atoms with E-state index in [2.05, 4.69) is 17.1 Å². The van der Waals surface area contributed by atoms with Crippen LogP contribution in [-0.4, -0.2) is 22.6 Å². The molecule has 1 aromatic heterocycles. The van der Waals surface area contributed by atoms with Gasteiger partial charge in [-0.25, -0.2) is 4.98 Å². The minimum absolute atomic E-state index is 0.171. The van der Waals surface area contributed by atoms with Crippen LogP contribution in [0.1, 0.15) is 5.56 Å². The summed E-state index contributed by atoms with van der Waals surface area (Å²) in [5.41, 5.74) is 1.79. The van der Waals surface area contributed by atoms with Crippen LogP contribution in [0.15, 0.2) is 64.5 Å². The Kier molecular flexibility index (Phi) is 4.44. The Morgan fingerprint density at radius 2 is 1.82 bits per heavy atom. The molecule has 0 spiro atoms. The maximum Gasteiger partial charge on any atom is 0.295 e. The Labute approximate surface area is 132 Å². The molecular weight excluding hydrogens is 296 g/mol. The van der Waals surface area contributed by atoms with Gasteiger partial charge in [-0.1, -0.05) is 54.2 Å². The molecule has 0 saturated carbocycles. The Morgan fingerprint density at radius 1 is 1.09 bits per heavy atom. The van der Waals surface area contributed by atoms with Crippen LogP contribution in [0.2, 0.25) is 0 Å². The lowest BCUT2D eigenvalue weighted by Gasteiger charge is -2.10. The fraction of sp³-hybridized carbons (Fsp3) is 0.176. The molecule has 0 amide bonds. The van der Waals surface area contributed by atoms with Crippen LogP contribution in [0, 0.1) is 0 Å². The van der Waals surface area contributed by atoms with Crippen LogP contribution >= 0.6 is 11.8 Å². The number of benzene rings is 2. The molecule has 4 nitrogen and oxygen atoms in total. The first kappa shape index (κ1) is 14.7. The molecule has 3 rings (SSSR count). The topological polar surface area (TPSA) is 44.1 Å². The van der Waals surface area contributed by atoms with Crippen molar-refractivity contribution in [1.29, 1.82) is 0 Å². The van der Waals surface area contributed by atoms with Gasteiger partial charge in [0.2, 0.25) is 5.16 Å². The highest BCUT2D eigenvalue weighted by Crippen LogP contribution is 2.18. The molecule has 0 radical (unpaired) electrons. The van der Waals surface area contributed by atoms with E-state index in [1.54, 1.807) is 6.07 Å². The Morgan fingerprint density at radius 3 is 2.59 bits per heavy atom. The molecule has 0 fully saturated rings. The third-order valence-electron chi connectivity index (χ3n) is 3.36. The van der Waals surface area contributed by atoms with Crippen LogP contribution in [0.25, 0.3) is 10.9 Å². The molecule has 2 aromatic carbocycles. The SMILES string of the molecule is COn1c(SCCc2ccccc2)nc2ccccc2c1=O. The first-order chi connectivity index (χ1) is 10.8. The molecule has 0 N–H and O–H groups in total.